The lowest BCUT2D eigenvalue weighted by Gasteiger charge is -2.13. The number of carboxylic acid groups (broad SMARTS) is 1. The zero-order valence-electron chi connectivity index (χ0n) is 23.5. The second-order valence-electron chi connectivity index (χ2n) is 10.3. The maximum atomic E-state index is 12.5. The van der Waals surface area contributed by atoms with Crippen LogP contribution in [0.5, 0.6) is 5.75 Å². The Hall–Kier alpha value is -3.32. The molecule has 1 atom stereocenters. The van der Waals surface area contributed by atoms with E-state index in [1.165, 1.54) is 70.4 Å². The molecular weight excluding hydrogens is 530 g/mol. The molecular formula is C32H40ClNO6. The number of carbonyl (C=O) groups excluding carboxylic acids is 1. The Bertz CT molecular complexity index is 1330. The lowest BCUT2D eigenvalue weighted by atomic mass is 10.0. The van der Waals surface area contributed by atoms with Crippen LogP contribution in [0, 0.1) is 0 Å². The van der Waals surface area contributed by atoms with Crippen LogP contribution in [0.15, 0.2) is 51.7 Å². The summed E-state index contributed by atoms with van der Waals surface area (Å²) in [6.45, 7) is 3.65. The molecule has 0 bridgehead atoms. The summed E-state index contributed by atoms with van der Waals surface area (Å²) in [5.41, 5.74) is 1.43. The van der Waals surface area contributed by atoms with Crippen LogP contribution in [-0.4, -0.2) is 23.1 Å². The highest BCUT2D eigenvalue weighted by Crippen LogP contribution is 2.35. The molecule has 0 aliphatic rings. The minimum atomic E-state index is -1.10. The third-order valence-electron chi connectivity index (χ3n) is 6.93. The van der Waals surface area contributed by atoms with E-state index < -0.39 is 17.7 Å². The van der Waals surface area contributed by atoms with Crippen molar-refractivity contribution in [3.63, 3.8) is 0 Å². The number of hydrogen-bond acceptors (Lipinski definition) is 5. The number of anilines is 1. The third kappa shape index (κ3) is 9.70. The maximum absolute atomic E-state index is 12.5. The van der Waals surface area contributed by atoms with Crippen molar-refractivity contribution in [2.24, 2.45) is 0 Å². The number of carboxylic acids is 1. The van der Waals surface area contributed by atoms with Crippen molar-refractivity contribution >= 4 is 40.1 Å². The van der Waals surface area contributed by atoms with Gasteiger partial charge < -0.3 is 19.6 Å². The summed E-state index contributed by atoms with van der Waals surface area (Å²) in [7, 11) is 0. The fourth-order valence-corrected chi connectivity index (χ4v) is 4.96. The normalized spacial score (nSPS) is 11.9. The molecule has 0 spiro atoms. The van der Waals surface area contributed by atoms with Gasteiger partial charge in [0.15, 0.2) is 6.10 Å². The fourth-order valence-electron chi connectivity index (χ4n) is 4.68. The zero-order chi connectivity index (χ0) is 28.9. The van der Waals surface area contributed by atoms with Crippen molar-refractivity contribution in [1.82, 2.24) is 0 Å². The van der Waals surface area contributed by atoms with Crippen LogP contribution in [0.25, 0.3) is 22.1 Å². The van der Waals surface area contributed by atoms with Crippen molar-refractivity contribution in [2.45, 2.75) is 97.0 Å². The average molecular weight is 570 g/mol. The lowest BCUT2D eigenvalue weighted by Crippen LogP contribution is -2.22. The highest BCUT2D eigenvalue weighted by atomic mass is 35.5. The number of ether oxygens (including phenoxy) is 1. The maximum Gasteiger partial charge on any atom is 0.344 e. The van der Waals surface area contributed by atoms with Gasteiger partial charge in [0.1, 0.15) is 11.3 Å². The molecule has 7 nitrogen and oxygen atoms in total. The first-order valence-corrected chi connectivity index (χ1v) is 14.7. The molecule has 0 aliphatic carbocycles. The molecule has 40 heavy (non-hydrogen) atoms. The first-order chi connectivity index (χ1) is 19.3. The first-order valence-electron chi connectivity index (χ1n) is 14.4. The summed E-state index contributed by atoms with van der Waals surface area (Å²) < 4.78 is 10.7. The van der Waals surface area contributed by atoms with E-state index in [0.29, 0.717) is 33.6 Å². The Morgan fingerprint density at radius 1 is 0.900 bits per heavy atom. The Labute approximate surface area is 240 Å². The SMILES string of the molecule is CCCCCCCCCCCCCC(=O)Nc1ccc(-c2cc(=O)oc3cc(OC(C)C(=O)O)ccc23)c(Cl)c1. The molecule has 0 saturated carbocycles. The summed E-state index contributed by atoms with van der Waals surface area (Å²) in [6.07, 6.45) is 13.0. The summed E-state index contributed by atoms with van der Waals surface area (Å²) in [5, 5.41) is 13.0. The number of amides is 1. The number of halogens is 1. The molecule has 2 aromatic carbocycles. The van der Waals surface area contributed by atoms with Gasteiger partial charge in [0.05, 0.1) is 5.02 Å². The van der Waals surface area contributed by atoms with Gasteiger partial charge in [-0.25, -0.2) is 9.59 Å². The average Bonchev–Trinajstić information content (AvgIpc) is 2.91. The molecule has 1 aromatic heterocycles. The Kier molecular flexibility index (Phi) is 12.5. The van der Waals surface area contributed by atoms with E-state index in [0.717, 1.165) is 19.3 Å². The fraction of sp³-hybridized carbons (Fsp3) is 0.469. The van der Waals surface area contributed by atoms with Gasteiger partial charge in [0, 0.05) is 40.8 Å². The summed E-state index contributed by atoms with van der Waals surface area (Å²) in [5.74, 6) is -0.883. The van der Waals surface area contributed by atoms with Crippen LogP contribution in [0.3, 0.4) is 0 Å². The summed E-state index contributed by atoms with van der Waals surface area (Å²) in [4.78, 5) is 35.8. The van der Waals surface area contributed by atoms with E-state index in [1.807, 2.05) is 0 Å². The van der Waals surface area contributed by atoms with E-state index >= 15 is 0 Å². The van der Waals surface area contributed by atoms with Crippen LogP contribution in [0.4, 0.5) is 5.69 Å². The highest BCUT2D eigenvalue weighted by molar-refractivity contribution is 6.34. The highest BCUT2D eigenvalue weighted by Gasteiger charge is 2.16. The molecule has 0 saturated heterocycles. The smallest absolute Gasteiger partial charge is 0.344 e. The summed E-state index contributed by atoms with van der Waals surface area (Å²) in [6, 6.07) is 11.3. The molecule has 0 fully saturated rings. The number of benzene rings is 2. The number of fused-ring (bicyclic) bond motifs is 1. The van der Waals surface area contributed by atoms with Gasteiger partial charge in [0.25, 0.3) is 0 Å². The van der Waals surface area contributed by atoms with Crippen molar-refractivity contribution in [2.75, 3.05) is 5.32 Å². The molecule has 3 rings (SSSR count). The van der Waals surface area contributed by atoms with Crippen LogP contribution >= 0.6 is 11.6 Å². The number of unbranched alkanes of at least 4 members (excludes halogenated alkanes) is 10. The second kappa shape index (κ2) is 16.1. The quantitative estimate of drug-likeness (QED) is 0.124. The van der Waals surface area contributed by atoms with E-state index in [1.54, 1.807) is 30.3 Å². The minimum Gasteiger partial charge on any atom is -0.479 e. The van der Waals surface area contributed by atoms with Gasteiger partial charge in [-0.1, -0.05) is 88.8 Å². The molecule has 3 aromatic rings. The van der Waals surface area contributed by atoms with Crippen LogP contribution in [0.1, 0.15) is 90.9 Å². The number of hydrogen-bond donors (Lipinski definition) is 2. The monoisotopic (exact) mass is 569 g/mol. The minimum absolute atomic E-state index is 0.0475. The molecule has 2 N–H and O–H groups in total. The molecule has 216 valence electrons. The third-order valence-corrected chi connectivity index (χ3v) is 7.24. The van der Waals surface area contributed by atoms with E-state index in [-0.39, 0.29) is 17.2 Å². The predicted molar refractivity (Wildman–Crippen MR) is 160 cm³/mol. The predicted octanol–water partition coefficient (Wildman–Crippen LogP) is 8.60. The standard InChI is InChI=1S/C32H40ClNO6/c1-3-4-5-6-7-8-9-10-11-12-13-14-30(35)34-23-15-17-25(28(33)19-23)27-21-31(36)40-29-20-24(16-18-26(27)29)39-22(2)32(37)38/h15-22H,3-14H2,1-2H3,(H,34,35)(H,37,38). The number of nitrogens with one attached hydrogen (secondary N) is 1. The van der Waals surface area contributed by atoms with Crippen molar-refractivity contribution in [1.29, 1.82) is 0 Å². The Morgan fingerprint density at radius 2 is 1.55 bits per heavy atom. The van der Waals surface area contributed by atoms with Crippen LogP contribution in [-0.2, 0) is 9.59 Å². The van der Waals surface area contributed by atoms with E-state index in [2.05, 4.69) is 12.2 Å². The van der Waals surface area contributed by atoms with Crippen LogP contribution in [0.2, 0.25) is 5.02 Å². The van der Waals surface area contributed by atoms with Gasteiger partial charge in [0.2, 0.25) is 5.91 Å². The van der Waals surface area contributed by atoms with Gasteiger partial charge in [-0.15, -0.1) is 0 Å². The molecule has 1 unspecified atom stereocenters. The Morgan fingerprint density at radius 3 is 2.17 bits per heavy atom. The van der Waals surface area contributed by atoms with Crippen molar-refractivity contribution in [3.8, 4) is 16.9 Å². The topological polar surface area (TPSA) is 106 Å². The Balaban J connectivity index is 1.53. The van der Waals surface area contributed by atoms with Gasteiger partial charge >= 0.3 is 11.6 Å². The number of aliphatic carboxylic acids is 1. The van der Waals surface area contributed by atoms with Gasteiger partial charge in [-0.2, -0.15) is 0 Å². The van der Waals surface area contributed by atoms with Crippen molar-refractivity contribution < 1.29 is 23.8 Å². The van der Waals surface area contributed by atoms with E-state index in [9.17, 15) is 14.4 Å². The molecule has 1 amide bonds. The summed E-state index contributed by atoms with van der Waals surface area (Å²) >= 11 is 6.58. The largest absolute Gasteiger partial charge is 0.479 e. The number of rotatable bonds is 17. The molecule has 8 heteroatoms. The van der Waals surface area contributed by atoms with Crippen molar-refractivity contribution in [3.05, 3.63) is 57.9 Å². The first kappa shape index (κ1) is 31.2. The zero-order valence-corrected chi connectivity index (χ0v) is 24.2. The molecule has 1 heterocycles. The lowest BCUT2D eigenvalue weighted by molar-refractivity contribution is -0.144. The number of carbonyl (C=O) groups is 2. The molecule has 0 aliphatic heterocycles. The molecule has 0 radical (unpaired) electrons. The second-order valence-corrected chi connectivity index (χ2v) is 10.7. The van der Waals surface area contributed by atoms with Gasteiger partial charge in [-0.3, -0.25) is 4.79 Å². The van der Waals surface area contributed by atoms with E-state index in [4.69, 9.17) is 25.9 Å². The van der Waals surface area contributed by atoms with Crippen LogP contribution < -0.4 is 15.7 Å². The van der Waals surface area contributed by atoms with Gasteiger partial charge in [-0.05, 0) is 37.6 Å².